The number of rotatable bonds is 8. The molecule has 0 saturated carbocycles. The number of hydrogen-bond acceptors (Lipinski definition) is 7. The van der Waals surface area contributed by atoms with E-state index in [0.717, 1.165) is 23.5 Å². The number of carbonyl (C=O) groups is 2. The summed E-state index contributed by atoms with van der Waals surface area (Å²) >= 11 is 1.15. The van der Waals surface area contributed by atoms with Crippen molar-refractivity contribution in [1.82, 2.24) is 10.4 Å². The predicted octanol–water partition coefficient (Wildman–Crippen LogP) is 5.56. The van der Waals surface area contributed by atoms with Crippen molar-refractivity contribution in [2.24, 2.45) is 5.10 Å². The van der Waals surface area contributed by atoms with Crippen molar-refractivity contribution in [3.05, 3.63) is 88.6 Å². The van der Waals surface area contributed by atoms with E-state index in [4.69, 9.17) is 4.42 Å². The number of aromatic nitrogens is 1. The van der Waals surface area contributed by atoms with Crippen LogP contribution in [0, 0.1) is 0 Å². The topological polar surface area (TPSA) is 117 Å². The second-order valence-electron chi connectivity index (χ2n) is 7.37. The average molecular weight is 514 g/mol. The van der Waals surface area contributed by atoms with Crippen molar-refractivity contribution in [2.45, 2.75) is 12.6 Å². The number of amides is 1. The Morgan fingerprint density at radius 1 is 1.11 bits per heavy atom. The minimum absolute atomic E-state index is 0.0915. The van der Waals surface area contributed by atoms with Crippen molar-refractivity contribution in [3.63, 3.8) is 0 Å². The zero-order valence-corrected chi connectivity index (χ0v) is 19.1. The van der Waals surface area contributed by atoms with E-state index >= 15 is 0 Å². The Bertz CT molecular complexity index is 1430. The third-order valence-corrected chi connectivity index (χ3v) is 5.57. The second-order valence-corrected chi connectivity index (χ2v) is 8.23. The average Bonchev–Trinajstić information content (AvgIpc) is 3.48. The molecule has 0 aliphatic heterocycles. The van der Waals surface area contributed by atoms with Gasteiger partial charge in [-0.1, -0.05) is 24.3 Å². The minimum atomic E-state index is -4.45. The summed E-state index contributed by atoms with van der Waals surface area (Å²) in [7, 11) is 0. The molecule has 12 heteroatoms. The molecule has 0 radical (unpaired) electrons. The van der Waals surface area contributed by atoms with Gasteiger partial charge in [0.1, 0.15) is 11.5 Å². The van der Waals surface area contributed by atoms with Gasteiger partial charge in [0.05, 0.1) is 29.5 Å². The summed E-state index contributed by atoms with van der Waals surface area (Å²) in [6.07, 6.45) is -3.29. The van der Waals surface area contributed by atoms with Gasteiger partial charge in [0, 0.05) is 16.6 Å². The molecule has 0 fully saturated rings. The molecule has 2 aromatic heterocycles. The second kappa shape index (κ2) is 10.4. The summed E-state index contributed by atoms with van der Waals surface area (Å²) in [4.78, 5) is 27.8. The van der Waals surface area contributed by atoms with Gasteiger partial charge in [-0.2, -0.15) is 18.3 Å². The van der Waals surface area contributed by atoms with Crippen molar-refractivity contribution in [2.75, 3.05) is 5.32 Å². The summed E-state index contributed by atoms with van der Waals surface area (Å²) in [5, 5.41) is 17.9. The van der Waals surface area contributed by atoms with Crippen LogP contribution in [-0.2, 0) is 17.4 Å². The highest BCUT2D eigenvalue weighted by Crippen LogP contribution is 2.32. The maximum atomic E-state index is 12.9. The smallest absolute Gasteiger partial charge is 0.416 e. The van der Waals surface area contributed by atoms with Crippen molar-refractivity contribution >= 4 is 40.2 Å². The molecule has 0 aliphatic carbocycles. The van der Waals surface area contributed by atoms with Crippen molar-refractivity contribution in [1.29, 1.82) is 0 Å². The molecule has 0 aliphatic rings. The van der Waals surface area contributed by atoms with Gasteiger partial charge in [0.2, 0.25) is 5.91 Å². The number of carboxylic acids is 1. The number of alkyl halides is 3. The maximum Gasteiger partial charge on any atom is 0.416 e. The SMILES string of the molecule is O=C(Cc1csc(Nc2cccc(C(F)(F)F)c2)n1)N/N=C\c1ccc(-c2ccccc2C(=O)O)o1. The lowest BCUT2D eigenvalue weighted by molar-refractivity contribution is -0.137. The van der Waals surface area contributed by atoms with Crippen LogP contribution in [0.15, 0.2) is 75.6 Å². The Kier molecular flexibility index (Phi) is 7.15. The number of anilines is 2. The Morgan fingerprint density at radius 3 is 2.69 bits per heavy atom. The van der Waals surface area contributed by atoms with Crippen LogP contribution in [-0.4, -0.2) is 28.2 Å². The van der Waals surface area contributed by atoms with E-state index in [1.165, 1.54) is 24.4 Å². The van der Waals surface area contributed by atoms with Crippen LogP contribution in [0.5, 0.6) is 0 Å². The number of nitrogens with one attached hydrogen (secondary N) is 2. The van der Waals surface area contributed by atoms with Crippen LogP contribution in [0.1, 0.15) is 27.4 Å². The van der Waals surface area contributed by atoms with Gasteiger partial charge in [-0.3, -0.25) is 4.79 Å². The molecule has 36 heavy (non-hydrogen) atoms. The van der Waals surface area contributed by atoms with Gasteiger partial charge in [-0.25, -0.2) is 15.2 Å². The number of halogens is 3. The van der Waals surface area contributed by atoms with Gasteiger partial charge >= 0.3 is 12.1 Å². The van der Waals surface area contributed by atoms with Crippen LogP contribution in [0.2, 0.25) is 0 Å². The normalized spacial score (nSPS) is 11.5. The first-order chi connectivity index (χ1) is 17.2. The standard InChI is InChI=1S/C24H17F3N4O4S/c25-24(26,27)14-4-3-5-15(10-14)29-23-30-16(13-36-23)11-21(32)31-28-12-17-8-9-20(35-17)18-6-1-2-7-19(18)22(33)34/h1-10,12-13H,11H2,(H,29,30)(H,31,32)(H,33,34)/b28-12-. The third-order valence-electron chi connectivity index (χ3n) is 4.77. The highest BCUT2D eigenvalue weighted by molar-refractivity contribution is 7.13. The van der Waals surface area contributed by atoms with Crippen LogP contribution in [0.4, 0.5) is 24.0 Å². The number of furan rings is 1. The molecule has 2 aromatic carbocycles. The van der Waals surface area contributed by atoms with E-state index in [0.29, 0.717) is 27.9 Å². The van der Waals surface area contributed by atoms with Gasteiger partial charge < -0.3 is 14.8 Å². The van der Waals surface area contributed by atoms with Gasteiger partial charge in [-0.15, -0.1) is 11.3 Å². The van der Waals surface area contributed by atoms with E-state index in [-0.39, 0.29) is 17.7 Å². The van der Waals surface area contributed by atoms with Crippen LogP contribution >= 0.6 is 11.3 Å². The number of hydrogen-bond donors (Lipinski definition) is 3. The first-order valence-electron chi connectivity index (χ1n) is 10.3. The molecule has 0 atom stereocenters. The molecule has 0 unspecified atom stereocenters. The van der Waals surface area contributed by atoms with Crippen molar-refractivity contribution < 1.29 is 32.3 Å². The minimum Gasteiger partial charge on any atom is -0.478 e. The molecule has 0 saturated heterocycles. The number of carbonyl (C=O) groups excluding carboxylic acids is 1. The lowest BCUT2D eigenvalue weighted by atomic mass is 10.1. The largest absolute Gasteiger partial charge is 0.478 e. The number of aromatic carboxylic acids is 1. The highest BCUT2D eigenvalue weighted by Gasteiger charge is 2.30. The highest BCUT2D eigenvalue weighted by atomic mass is 32.1. The van der Waals surface area contributed by atoms with Gasteiger partial charge in [0.15, 0.2) is 5.13 Å². The Labute approximate surface area is 206 Å². The molecule has 3 N–H and O–H groups in total. The third kappa shape index (κ3) is 6.16. The molecule has 8 nitrogen and oxygen atoms in total. The Hall–Kier alpha value is -4.45. The van der Waals surface area contributed by atoms with E-state index in [1.807, 2.05) is 0 Å². The molecular weight excluding hydrogens is 497 g/mol. The van der Waals surface area contributed by atoms with E-state index < -0.39 is 23.6 Å². The monoisotopic (exact) mass is 514 g/mol. The summed E-state index contributed by atoms with van der Waals surface area (Å²) in [5.74, 6) is -0.916. The van der Waals surface area contributed by atoms with E-state index in [1.54, 1.807) is 35.7 Å². The van der Waals surface area contributed by atoms with Crippen LogP contribution < -0.4 is 10.7 Å². The summed E-state index contributed by atoms with van der Waals surface area (Å²) in [6, 6.07) is 14.3. The number of benzene rings is 2. The molecule has 4 rings (SSSR count). The molecule has 184 valence electrons. The number of nitrogens with zero attached hydrogens (tertiary/aromatic N) is 2. The number of hydrazone groups is 1. The van der Waals surface area contributed by atoms with Gasteiger partial charge in [-0.05, 0) is 36.4 Å². The first-order valence-corrected chi connectivity index (χ1v) is 11.2. The first kappa shape index (κ1) is 24.7. The summed E-state index contributed by atoms with van der Waals surface area (Å²) in [6.45, 7) is 0. The van der Waals surface area contributed by atoms with Crippen LogP contribution in [0.3, 0.4) is 0 Å². The quantitative estimate of drug-likeness (QED) is 0.210. The molecule has 4 aromatic rings. The lowest BCUT2D eigenvalue weighted by Crippen LogP contribution is -2.19. The molecule has 0 spiro atoms. The fourth-order valence-electron chi connectivity index (χ4n) is 3.17. The van der Waals surface area contributed by atoms with E-state index in [9.17, 15) is 27.9 Å². The fraction of sp³-hybridized carbons (Fsp3) is 0.0833. The summed E-state index contributed by atoms with van der Waals surface area (Å²) < 4.78 is 44.2. The number of carboxylic acid groups (broad SMARTS) is 1. The fourth-order valence-corrected chi connectivity index (χ4v) is 3.90. The molecular formula is C24H17F3N4O4S. The predicted molar refractivity (Wildman–Crippen MR) is 127 cm³/mol. The van der Waals surface area contributed by atoms with Crippen LogP contribution in [0.25, 0.3) is 11.3 Å². The zero-order valence-electron chi connectivity index (χ0n) is 18.2. The Morgan fingerprint density at radius 2 is 1.92 bits per heavy atom. The molecule has 0 bridgehead atoms. The lowest BCUT2D eigenvalue weighted by Gasteiger charge is -2.08. The maximum absolute atomic E-state index is 12.9. The zero-order chi connectivity index (χ0) is 25.7. The van der Waals surface area contributed by atoms with Crippen molar-refractivity contribution in [3.8, 4) is 11.3 Å². The number of thiazole rings is 1. The molecule has 2 heterocycles. The van der Waals surface area contributed by atoms with E-state index in [2.05, 4.69) is 20.8 Å². The molecule has 1 amide bonds. The Balaban J connectivity index is 1.32. The van der Waals surface area contributed by atoms with Gasteiger partial charge in [0.25, 0.3) is 0 Å². The summed E-state index contributed by atoms with van der Waals surface area (Å²) in [5.41, 5.74) is 2.69.